The van der Waals surface area contributed by atoms with E-state index in [1.54, 1.807) is 0 Å². The first-order valence-electron chi connectivity index (χ1n) is 12.9. The first-order valence-corrected chi connectivity index (χ1v) is 13.3. The summed E-state index contributed by atoms with van der Waals surface area (Å²) in [4.78, 5) is 23.8. The van der Waals surface area contributed by atoms with Crippen LogP contribution in [0.15, 0.2) is 48.7 Å². The third-order valence-corrected chi connectivity index (χ3v) is 6.76. The molecule has 0 aliphatic carbocycles. The highest BCUT2D eigenvalue weighted by atomic mass is 35.5. The molecule has 1 saturated heterocycles. The number of ether oxygens (including phenoxy) is 1. The predicted molar refractivity (Wildman–Crippen MR) is 145 cm³/mol. The highest BCUT2D eigenvalue weighted by Crippen LogP contribution is 2.19. The van der Waals surface area contributed by atoms with Gasteiger partial charge < -0.3 is 25.4 Å². The van der Waals surface area contributed by atoms with Gasteiger partial charge in [-0.1, -0.05) is 42.8 Å². The fraction of sp³-hybridized carbons (Fsp3) is 0.393. The van der Waals surface area contributed by atoms with Crippen molar-refractivity contribution >= 4 is 23.5 Å². The lowest BCUT2D eigenvalue weighted by Gasteiger charge is -2.27. The Labute approximate surface area is 231 Å². The number of amides is 1. The number of benzene rings is 2. The summed E-state index contributed by atoms with van der Waals surface area (Å²) in [5.74, 6) is -1.78. The number of hydrogen-bond acceptors (Lipinski definition) is 7. The van der Waals surface area contributed by atoms with Gasteiger partial charge in [-0.3, -0.25) is 4.79 Å². The molecule has 2 aromatic carbocycles. The van der Waals surface area contributed by atoms with Crippen LogP contribution in [0.4, 0.5) is 14.7 Å². The molecule has 3 aromatic rings. The van der Waals surface area contributed by atoms with Gasteiger partial charge in [-0.05, 0) is 41.7 Å². The van der Waals surface area contributed by atoms with Crippen molar-refractivity contribution in [2.75, 3.05) is 37.7 Å². The average Bonchev–Trinajstić information content (AvgIpc) is 2.93. The minimum atomic E-state index is -1.09. The number of morpholine rings is 1. The van der Waals surface area contributed by atoms with Crippen LogP contribution in [0.2, 0.25) is 5.02 Å². The number of anilines is 1. The number of carbonyl (C=O) groups is 1. The Hall–Kier alpha value is -3.18. The second kappa shape index (κ2) is 13.7. The average molecular weight is 560 g/mol. The van der Waals surface area contributed by atoms with Gasteiger partial charge in [-0.2, -0.15) is 0 Å². The van der Waals surface area contributed by atoms with Crippen molar-refractivity contribution in [3.63, 3.8) is 0 Å². The van der Waals surface area contributed by atoms with Crippen molar-refractivity contribution in [3.8, 4) is 0 Å². The van der Waals surface area contributed by atoms with Gasteiger partial charge in [-0.15, -0.1) is 0 Å². The normalized spacial score (nSPS) is 15.2. The molecule has 1 aliphatic rings. The van der Waals surface area contributed by atoms with Crippen LogP contribution in [-0.2, 0) is 24.1 Å². The second-order valence-electron chi connectivity index (χ2n) is 9.40. The Balaban J connectivity index is 1.49. The SMILES string of the molecule is CCc1cccc(CNC[C@H](O)[C@H](Cc2cc(F)cc(F)c2)NC(=O)c2nc(N3CCOCC3)ncc2Cl)c1. The van der Waals surface area contributed by atoms with E-state index < -0.39 is 29.7 Å². The highest BCUT2D eigenvalue weighted by molar-refractivity contribution is 6.33. The molecule has 1 aliphatic heterocycles. The molecule has 11 heteroatoms. The summed E-state index contributed by atoms with van der Waals surface area (Å²) in [7, 11) is 0. The number of aryl methyl sites for hydroxylation is 1. The zero-order valence-corrected chi connectivity index (χ0v) is 22.4. The van der Waals surface area contributed by atoms with Crippen LogP contribution in [0, 0.1) is 11.6 Å². The zero-order chi connectivity index (χ0) is 27.8. The lowest BCUT2D eigenvalue weighted by Crippen LogP contribution is -2.49. The molecule has 4 rings (SSSR count). The number of hydrogen-bond donors (Lipinski definition) is 3. The van der Waals surface area contributed by atoms with Gasteiger partial charge in [-0.25, -0.2) is 18.7 Å². The Morgan fingerprint density at radius 1 is 1.13 bits per heavy atom. The number of halogens is 3. The molecule has 0 unspecified atom stereocenters. The molecule has 208 valence electrons. The lowest BCUT2D eigenvalue weighted by molar-refractivity contribution is 0.0825. The van der Waals surface area contributed by atoms with Crippen LogP contribution >= 0.6 is 11.6 Å². The Morgan fingerprint density at radius 2 is 1.85 bits per heavy atom. The smallest absolute Gasteiger partial charge is 0.271 e. The van der Waals surface area contributed by atoms with Crippen LogP contribution in [0.5, 0.6) is 0 Å². The molecule has 0 saturated carbocycles. The highest BCUT2D eigenvalue weighted by Gasteiger charge is 2.26. The Morgan fingerprint density at radius 3 is 2.56 bits per heavy atom. The molecule has 2 heterocycles. The Bertz CT molecular complexity index is 1260. The standard InChI is InChI=1S/C28H32ClF2N5O3/c1-2-18-4-3-5-19(10-18)15-32-17-25(37)24(13-20-11-21(30)14-22(31)12-20)34-27(38)26-23(29)16-33-28(35-26)36-6-8-39-9-7-36/h3-5,10-12,14,16,24-25,32,37H,2,6-9,13,15,17H2,1H3,(H,34,38)/t24-,25-/m0/s1. The number of rotatable bonds is 11. The van der Waals surface area contributed by atoms with Crippen molar-refractivity contribution in [2.24, 2.45) is 0 Å². The number of carbonyl (C=O) groups excluding carboxylic acids is 1. The van der Waals surface area contributed by atoms with E-state index in [0.717, 1.165) is 18.1 Å². The maximum absolute atomic E-state index is 13.9. The third-order valence-electron chi connectivity index (χ3n) is 6.48. The van der Waals surface area contributed by atoms with Crippen molar-refractivity contribution in [2.45, 2.75) is 38.5 Å². The van der Waals surface area contributed by atoms with E-state index in [-0.39, 0.29) is 29.2 Å². The maximum atomic E-state index is 13.9. The van der Waals surface area contributed by atoms with Gasteiger partial charge >= 0.3 is 0 Å². The van der Waals surface area contributed by atoms with Crippen LogP contribution in [0.3, 0.4) is 0 Å². The molecule has 39 heavy (non-hydrogen) atoms. The summed E-state index contributed by atoms with van der Waals surface area (Å²) in [6.45, 7) is 4.87. The summed E-state index contributed by atoms with van der Waals surface area (Å²) < 4.78 is 33.1. The second-order valence-corrected chi connectivity index (χ2v) is 9.81. The van der Waals surface area contributed by atoms with Gasteiger partial charge in [0.05, 0.1) is 36.6 Å². The van der Waals surface area contributed by atoms with E-state index in [1.165, 1.54) is 23.9 Å². The van der Waals surface area contributed by atoms with E-state index in [4.69, 9.17) is 16.3 Å². The number of aliphatic hydroxyl groups excluding tert-OH is 1. The van der Waals surface area contributed by atoms with E-state index in [9.17, 15) is 18.7 Å². The fourth-order valence-corrected chi connectivity index (χ4v) is 4.58. The number of nitrogens with one attached hydrogen (secondary N) is 2. The van der Waals surface area contributed by atoms with Crippen LogP contribution in [0.25, 0.3) is 0 Å². The number of nitrogens with zero attached hydrogens (tertiary/aromatic N) is 3. The largest absolute Gasteiger partial charge is 0.390 e. The maximum Gasteiger partial charge on any atom is 0.271 e. The van der Waals surface area contributed by atoms with Crippen LogP contribution in [0.1, 0.15) is 34.1 Å². The molecule has 1 aromatic heterocycles. The number of aromatic nitrogens is 2. The first-order chi connectivity index (χ1) is 18.8. The van der Waals surface area contributed by atoms with Crippen molar-refractivity contribution in [3.05, 3.63) is 87.7 Å². The summed E-state index contributed by atoms with van der Waals surface area (Å²) in [6, 6.07) is 10.3. The fourth-order valence-electron chi connectivity index (χ4n) is 4.40. The molecule has 0 bridgehead atoms. The molecule has 3 N–H and O–H groups in total. The minimum absolute atomic E-state index is 0.0202. The van der Waals surface area contributed by atoms with Gasteiger partial charge in [0.25, 0.3) is 5.91 Å². The molecular weight excluding hydrogens is 528 g/mol. The Kier molecular flexibility index (Phi) is 10.2. The van der Waals surface area contributed by atoms with E-state index in [2.05, 4.69) is 33.6 Å². The zero-order valence-electron chi connectivity index (χ0n) is 21.7. The molecule has 1 fully saturated rings. The topological polar surface area (TPSA) is 99.6 Å². The summed E-state index contributed by atoms with van der Waals surface area (Å²) in [6.07, 6.45) is 1.16. The third kappa shape index (κ3) is 8.15. The molecule has 2 atom stereocenters. The van der Waals surface area contributed by atoms with Gasteiger partial charge in [0.1, 0.15) is 11.6 Å². The van der Waals surface area contributed by atoms with Gasteiger partial charge in [0.2, 0.25) is 5.95 Å². The predicted octanol–water partition coefficient (Wildman–Crippen LogP) is 3.30. The lowest BCUT2D eigenvalue weighted by atomic mass is 10.00. The summed E-state index contributed by atoms with van der Waals surface area (Å²) in [5.41, 5.74) is 2.49. The van der Waals surface area contributed by atoms with E-state index >= 15 is 0 Å². The molecule has 1 amide bonds. The molecular formula is C28H32ClF2N5O3. The van der Waals surface area contributed by atoms with Gasteiger partial charge in [0.15, 0.2) is 5.69 Å². The van der Waals surface area contributed by atoms with Crippen LogP contribution in [-0.4, -0.2) is 66.0 Å². The first kappa shape index (κ1) is 28.8. The molecule has 8 nitrogen and oxygen atoms in total. The van der Waals surface area contributed by atoms with E-state index in [1.807, 2.05) is 23.1 Å². The summed E-state index contributed by atoms with van der Waals surface area (Å²) in [5, 5.41) is 17.1. The van der Waals surface area contributed by atoms with Crippen LogP contribution < -0.4 is 15.5 Å². The summed E-state index contributed by atoms with van der Waals surface area (Å²) >= 11 is 6.27. The number of aliphatic hydroxyl groups is 1. The molecule has 0 radical (unpaired) electrons. The minimum Gasteiger partial charge on any atom is -0.390 e. The van der Waals surface area contributed by atoms with Crippen molar-refractivity contribution in [1.82, 2.24) is 20.6 Å². The monoisotopic (exact) mass is 559 g/mol. The van der Waals surface area contributed by atoms with E-state index in [0.29, 0.717) is 38.8 Å². The quantitative estimate of drug-likeness (QED) is 0.331. The van der Waals surface area contributed by atoms with Gasteiger partial charge in [0, 0.05) is 32.2 Å². The van der Waals surface area contributed by atoms with Crippen molar-refractivity contribution < 1.29 is 23.4 Å². The van der Waals surface area contributed by atoms with Crippen molar-refractivity contribution in [1.29, 1.82) is 0 Å². The molecule has 0 spiro atoms.